The normalized spacial score (nSPS) is 19.9. The standard InChI is InChI=1S/C33H51N7O6S/c1-38-17-12-27(13-18-38)10-11-29(24-34)35-31(41)30(26-47(43,44)25-28-8-3-2-4-9-28)36-32(40-19-22-45-23-20-40)37-33(42)46-21-7-16-39-14-5-6-15-39/h2-4,8-9,27,29-30H,5-7,10-23,25-26H2,1H3,(H,35,41)(H,36,37,42). The van der Waals surface area contributed by atoms with Gasteiger partial charge in [-0.3, -0.25) is 10.1 Å². The molecule has 1 aromatic carbocycles. The van der Waals surface area contributed by atoms with Gasteiger partial charge in [-0.05, 0) is 89.7 Å². The predicted octanol–water partition coefficient (Wildman–Crippen LogP) is 2.00. The molecule has 0 bridgehead atoms. The number of alkyl carbamates (subject to hydrolysis) is 1. The molecule has 2 atom stereocenters. The van der Waals surface area contributed by atoms with Gasteiger partial charge in [0.2, 0.25) is 11.9 Å². The van der Waals surface area contributed by atoms with Crippen molar-refractivity contribution in [2.75, 3.05) is 78.4 Å². The van der Waals surface area contributed by atoms with Crippen molar-refractivity contribution < 1.29 is 27.5 Å². The summed E-state index contributed by atoms with van der Waals surface area (Å²) in [4.78, 5) is 37.6. The molecule has 0 aromatic heterocycles. The number of nitrogens with one attached hydrogen (secondary N) is 2. The van der Waals surface area contributed by atoms with Gasteiger partial charge < -0.3 is 29.5 Å². The number of carbonyl (C=O) groups is 2. The number of sulfone groups is 1. The van der Waals surface area contributed by atoms with Crippen molar-refractivity contribution in [2.24, 2.45) is 10.9 Å². The lowest BCUT2D eigenvalue weighted by molar-refractivity contribution is -0.122. The Kier molecular flexibility index (Phi) is 14.7. The second-order valence-corrected chi connectivity index (χ2v) is 14.9. The first-order valence-corrected chi connectivity index (χ1v) is 18.7. The van der Waals surface area contributed by atoms with Crippen LogP contribution in [0.1, 0.15) is 50.5 Å². The van der Waals surface area contributed by atoms with Gasteiger partial charge in [0, 0.05) is 19.6 Å². The van der Waals surface area contributed by atoms with Crippen LogP contribution in [0.15, 0.2) is 35.3 Å². The average molecular weight is 674 g/mol. The minimum atomic E-state index is -3.83. The summed E-state index contributed by atoms with van der Waals surface area (Å²) in [5.74, 6) is -1.03. The van der Waals surface area contributed by atoms with Crippen LogP contribution in [0.3, 0.4) is 0 Å². The number of nitriles is 1. The molecule has 13 nitrogen and oxygen atoms in total. The first-order valence-electron chi connectivity index (χ1n) is 16.9. The third kappa shape index (κ3) is 13.1. The minimum absolute atomic E-state index is 0.0488. The van der Waals surface area contributed by atoms with E-state index in [1.165, 1.54) is 12.8 Å². The molecule has 14 heteroatoms. The van der Waals surface area contributed by atoms with Crippen molar-refractivity contribution >= 4 is 27.8 Å². The van der Waals surface area contributed by atoms with Crippen LogP contribution in [0.25, 0.3) is 0 Å². The molecule has 4 rings (SSSR count). The van der Waals surface area contributed by atoms with Crippen LogP contribution < -0.4 is 10.6 Å². The van der Waals surface area contributed by atoms with Crippen LogP contribution in [-0.2, 0) is 29.9 Å². The Morgan fingerprint density at radius 3 is 2.47 bits per heavy atom. The number of piperidine rings is 1. The maximum absolute atomic E-state index is 13.7. The molecule has 3 aliphatic rings. The lowest BCUT2D eigenvalue weighted by atomic mass is 9.91. The van der Waals surface area contributed by atoms with Gasteiger partial charge in [-0.15, -0.1) is 0 Å². The first kappa shape index (κ1) is 36.6. The minimum Gasteiger partial charge on any atom is -0.449 e. The fraction of sp³-hybridized carbons (Fsp3) is 0.697. The molecule has 0 aliphatic carbocycles. The number of hydrogen-bond donors (Lipinski definition) is 2. The summed E-state index contributed by atoms with van der Waals surface area (Å²) < 4.78 is 37.8. The highest BCUT2D eigenvalue weighted by Crippen LogP contribution is 2.22. The molecule has 3 aliphatic heterocycles. The van der Waals surface area contributed by atoms with E-state index in [4.69, 9.17) is 9.47 Å². The summed E-state index contributed by atoms with van der Waals surface area (Å²) in [6.45, 7) is 6.71. The Morgan fingerprint density at radius 2 is 1.79 bits per heavy atom. The SMILES string of the molecule is CN1CCC(CCC(C#N)NC(=O)C(CS(=O)(=O)Cc2ccccc2)N=C(NC(=O)OCCCN2CCCC2)N2CCOCC2)CC1. The third-order valence-corrected chi connectivity index (χ3v) is 10.6. The molecule has 0 radical (unpaired) electrons. The Bertz CT molecular complexity index is 1300. The number of carbonyl (C=O) groups excluding carboxylic acids is 2. The Labute approximate surface area is 279 Å². The van der Waals surface area contributed by atoms with Crippen molar-refractivity contribution in [3.05, 3.63) is 35.9 Å². The number of rotatable bonds is 14. The second-order valence-electron chi connectivity index (χ2n) is 12.8. The Balaban J connectivity index is 1.48. The molecule has 260 valence electrons. The van der Waals surface area contributed by atoms with Crippen molar-refractivity contribution in [3.63, 3.8) is 0 Å². The Morgan fingerprint density at radius 1 is 1.09 bits per heavy atom. The van der Waals surface area contributed by atoms with Crippen molar-refractivity contribution in [1.29, 1.82) is 5.26 Å². The quantitative estimate of drug-likeness (QED) is 0.170. The maximum atomic E-state index is 13.7. The number of amides is 2. The molecule has 0 saturated carbocycles. The number of guanidine groups is 1. The van der Waals surface area contributed by atoms with Gasteiger partial charge in [-0.25, -0.2) is 18.2 Å². The van der Waals surface area contributed by atoms with Crippen molar-refractivity contribution in [3.8, 4) is 6.07 Å². The molecule has 0 spiro atoms. The highest BCUT2D eigenvalue weighted by molar-refractivity contribution is 7.90. The zero-order chi connectivity index (χ0) is 33.5. The topological polar surface area (TPSA) is 157 Å². The van der Waals surface area contributed by atoms with E-state index in [2.05, 4.69) is 38.5 Å². The lowest BCUT2D eigenvalue weighted by Crippen LogP contribution is -2.51. The second kappa shape index (κ2) is 18.9. The summed E-state index contributed by atoms with van der Waals surface area (Å²) in [6, 6.07) is 8.72. The summed E-state index contributed by atoms with van der Waals surface area (Å²) >= 11 is 0. The van der Waals surface area contributed by atoms with Gasteiger partial charge in [0.1, 0.15) is 12.1 Å². The van der Waals surface area contributed by atoms with E-state index < -0.39 is 39.7 Å². The number of aliphatic imine (C=N–C) groups is 1. The molecule has 2 amide bonds. The largest absolute Gasteiger partial charge is 0.449 e. The van der Waals surface area contributed by atoms with Crippen LogP contribution >= 0.6 is 0 Å². The molecule has 1 aromatic rings. The number of ether oxygens (including phenoxy) is 2. The number of morpholine rings is 1. The van der Waals surface area contributed by atoms with Gasteiger partial charge >= 0.3 is 6.09 Å². The number of likely N-dealkylation sites (tertiary alicyclic amines) is 2. The zero-order valence-electron chi connectivity index (χ0n) is 27.6. The van der Waals surface area contributed by atoms with Gasteiger partial charge in [0.25, 0.3) is 0 Å². The van der Waals surface area contributed by atoms with E-state index in [9.17, 15) is 23.3 Å². The maximum Gasteiger partial charge on any atom is 0.413 e. The molecular formula is C33H51N7O6S. The van der Waals surface area contributed by atoms with Crippen LogP contribution in [0.4, 0.5) is 4.79 Å². The van der Waals surface area contributed by atoms with Gasteiger partial charge in [0.15, 0.2) is 9.84 Å². The van der Waals surface area contributed by atoms with Gasteiger partial charge in [-0.1, -0.05) is 30.3 Å². The fourth-order valence-electron chi connectivity index (χ4n) is 6.19. The van der Waals surface area contributed by atoms with E-state index in [0.717, 1.165) is 52.0 Å². The fourth-order valence-corrected chi connectivity index (χ4v) is 7.72. The number of benzene rings is 1. The van der Waals surface area contributed by atoms with E-state index in [-0.39, 0.29) is 18.3 Å². The smallest absolute Gasteiger partial charge is 0.413 e. The molecule has 3 fully saturated rings. The molecule has 47 heavy (non-hydrogen) atoms. The first-order chi connectivity index (χ1) is 22.7. The highest BCUT2D eigenvalue weighted by atomic mass is 32.2. The van der Waals surface area contributed by atoms with E-state index in [1.807, 2.05) is 0 Å². The third-order valence-electron chi connectivity index (χ3n) is 8.97. The summed E-state index contributed by atoms with van der Waals surface area (Å²) in [6.07, 6.45) is 5.66. The van der Waals surface area contributed by atoms with Crippen LogP contribution in [0.2, 0.25) is 0 Å². The number of hydrogen-bond acceptors (Lipinski definition) is 10. The summed E-state index contributed by atoms with van der Waals surface area (Å²) in [5, 5.41) is 15.3. The van der Waals surface area contributed by atoms with Crippen molar-refractivity contribution in [1.82, 2.24) is 25.3 Å². The monoisotopic (exact) mass is 673 g/mol. The molecular weight excluding hydrogens is 622 g/mol. The average Bonchev–Trinajstić information content (AvgIpc) is 3.59. The Hall–Kier alpha value is -3.25. The van der Waals surface area contributed by atoms with Crippen LogP contribution in [-0.4, -0.2) is 132 Å². The molecule has 3 heterocycles. The summed E-state index contributed by atoms with van der Waals surface area (Å²) in [7, 11) is -1.74. The lowest BCUT2D eigenvalue weighted by Gasteiger charge is -2.30. The highest BCUT2D eigenvalue weighted by Gasteiger charge is 2.30. The van der Waals surface area contributed by atoms with E-state index in [0.29, 0.717) is 50.6 Å². The van der Waals surface area contributed by atoms with Gasteiger partial charge in [0.05, 0.1) is 37.4 Å². The van der Waals surface area contributed by atoms with Crippen LogP contribution in [0, 0.1) is 17.2 Å². The molecule has 2 N–H and O–H groups in total. The van der Waals surface area contributed by atoms with Crippen LogP contribution in [0.5, 0.6) is 0 Å². The predicted molar refractivity (Wildman–Crippen MR) is 179 cm³/mol. The van der Waals surface area contributed by atoms with Crippen molar-refractivity contribution in [2.45, 2.75) is 62.8 Å². The van der Waals surface area contributed by atoms with E-state index >= 15 is 0 Å². The molecule has 3 saturated heterocycles. The zero-order valence-corrected chi connectivity index (χ0v) is 28.5. The number of nitrogens with zero attached hydrogens (tertiary/aromatic N) is 5. The van der Waals surface area contributed by atoms with Gasteiger partial charge in [-0.2, -0.15) is 5.26 Å². The summed E-state index contributed by atoms with van der Waals surface area (Å²) in [5.41, 5.74) is 0.590. The molecule has 2 unspecified atom stereocenters. The van der Waals surface area contributed by atoms with E-state index in [1.54, 1.807) is 35.2 Å².